The van der Waals surface area contributed by atoms with Crippen LogP contribution in [-0.4, -0.2) is 50.1 Å². The summed E-state index contributed by atoms with van der Waals surface area (Å²) in [5, 5.41) is 8.80. The van der Waals surface area contributed by atoms with Crippen LogP contribution in [0.4, 0.5) is 0 Å². The molecule has 1 aliphatic rings. The van der Waals surface area contributed by atoms with Gasteiger partial charge in [-0.3, -0.25) is 0 Å². The summed E-state index contributed by atoms with van der Waals surface area (Å²) in [7, 11) is -3.12. The lowest BCUT2D eigenvalue weighted by Gasteiger charge is -2.22. The molecule has 2 atom stereocenters. The maximum absolute atomic E-state index is 11.3. The van der Waals surface area contributed by atoms with Crippen LogP contribution in [0.25, 0.3) is 0 Å². The Labute approximate surface area is 83.9 Å². The van der Waals surface area contributed by atoms with E-state index >= 15 is 0 Å². The minimum atomic E-state index is -3.12. The highest BCUT2D eigenvalue weighted by atomic mass is 32.2. The summed E-state index contributed by atoms with van der Waals surface area (Å²) in [5.41, 5.74) is 0. The second-order valence-corrected chi connectivity index (χ2v) is 5.90. The second-order valence-electron chi connectivity index (χ2n) is 3.54. The first-order chi connectivity index (χ1) is 6.41. The van der Waals surface area contributed by atoms with Crippen molar-refractivity contribution in [3.05, 3.63) is 0 Å². The van der Waals surface area contributed by atoms with Crippen LogP contribution in [0.3, 0.4) is 0 Å². The third-order valence-corrected chi connectivity index (χ3v) is 3.96. The number of hydrogen-bond acceptors (Lipinski definition) is 5. The Kier molecular flexibility index (Phi) is 3.52. The van der Waals surface area contributed by atoms with Gasteiger partial charge < -0.3 is 14.6 Å². The molecule has 0 unspecified atom stereocenters. The number of ether oxygens (including phenoxy) is 2. The Bertz CT molecular complexity index is 286. The highest BCUT2D eigenvalue weighted by molar-refractivity contribution is 7.91. The van der Waals surface area contributed by atoms with Crippen LogP contribution in [0.5, 0.6) is 0 Å². The van der Waals surface area contributed by atoms with Gasteiger partial charge in [0.1, 0.15) is 11.9 Å². The summed E-state index contributed by atoms with van der Waals surface area (Å²) in [5.74, 6) is -1.19. The van der Waals surface area contributed by atoms with E-state index in [0.29, 0.717) is 0 Å². The third kappa shape index (κ3) is 2.91. The SMILES string of the molecule is CCS(=O)(=O)C[C@@]1(C)OC[C@H](CO)O1. The van der Waals surface area contributed by atoms with E-state index < -0.39 is 21.7 Å². The van der Waals surface area contributed by atoms with Gasteiger partial charge in [0.25, 0.3) is 0 Å². The molecule has 5 nitrogen and oxygen atoms in total. The molecule has 1 fully saturated rings. The van der Waals surface area contributed by atoms with Crippen molar-refractivity contribution < 1.29 is 23.0 Å². The van der Waals surface area contributed by atoms with Crippen molar-refractivity contribution in [3.63, 3.8) is 0 Å². The Morgan fingerprint density at radius 3 is 2.64 bits per heavy atom. The predicted molar refractivity (Wildman–Crippen MR) is 50.6 cm³/mol. The first-order valence-corrected chi connectivity index (χ1v) is 6.36. The van der Waals surface area contributed by atoms with Gasteiger partial charge in [0.05, 0.1) is 13.2 Å². The largest absolute Gasteiger partial charge is 0.394 e. The molecule has 0 bridgehead atoms. The zero-order chi connectivity index (χ0) is 10.8. The van der Waals surface area contributed by atoms with Crippen LogP contribution in [0.15, 0.2) is 0 Å². The van der Waals surface area contributed by atoms with Gasteiger partial charge in [0, 0.05) is 5.75 Å². The lowest BCUT2D eigenvalue weighted by Crippen LogP contribution is -2.36. The fourth-order valence-electron chi connectivity index (χ4n) is 1.36. The number of rotatable bonds is 4. The van der Waals surface area contributed by atoms with Crippen molar-refractivity contribution in [2.75, 3.05) is 24.7 Å². The van der Waals surface area contributed by atoms with Crippen LogP contribution < -0.4 is 0 Å². The van der Waals surface area contributed by atoms with Crippen molar-refractivity contribution in [1.82, 2.24) is 0 Å². The van der Waals surface area contributed by atoms with Crippen LogP contribution in [0.2, 0.25) is 0 Å². The van der Waals surface area contributed by atoms with Crippen molar-refractivity contribution in [3.8, 4) is 0 Å². The summed E-state index contributed by atoms with van der Waals surface area (Å²) in [4.78, 5) is 0. The molecule has 1 saturated heterocycles. The minimum Gasteiger partial charge on any atom is -0.394 e. The third-order valence-electron chi connectivity index (χ3n) is 2.12. The molecule has 0 aliphatic carbocycles. The van der Waals surface area contributed by atoms with Crippen molar-refractivity contribution in [2.45, 2.75) is 25.7 Å². The molecule has 0 aromatic heterocycles. The number of sulfone groups is 1. The van der Waals surface area contributed by atoms with E-state index in [0.717, 1.165) is 0 Å². The summed E-state index contributed by atoms with van der Waals surface area (Å²) in [6.45, 7) is 3.25. The summed E-state index contributed by atoms with van der Waals surface area (Å²) >= 11 is 0. The topological polar surface area (TPSA) is 72.8 Å². The normalized spacial score (nSPS) is 33.5. The zero-order valence-corrected chi connectivity index (χ0v) is 9.21. The van der Waals surface area contributed by atoms with E-state index in [1.54, 1.807) is 13.8 Å². The highest BCUT2D eigenvalue weighted by Gasteiger charge is 2.40. The molecule has 0 saturated carbocycles. The maximum Gasteiger partial charge on any atom is 0.180 e. The molecule has 0 aromatic carbocycles. The lowest BCUT2D eigenvalue weighted by atomic mass is 10.4. The van der Waals surface area contributed by atoms with Gasteiger partial charge in [-0.1, -0.05) is 6.92 Å². The van der Waals surface area contributed by atoms with Crippen LogP contribution in [-0.2, 0) is 19.3 Å². The Hall–Kier alpha value is -0.170. The van der Waals surface area contributed by atoms with Gasteiger partial charge in [0.15, 0.2) is 15.6 Å². The summed E-state index contributed by atoms with van der Waals surface area (Å²) in [6, 6.07) is 0. The van der Waals surface area contributed by atoms with Gasteiger partial charge in [-0.05, 0) is 6.92 Å². The smallest absolute Gasteiger partial charge is 0.180 e. The van der Waals surface area contributed by atoms with Gasteiger partial charge >= 0.3 is 0 Å². The zero-order valence-electron chi connectivity index (χ0n) is 8.39. The monoisotopic (exact) mass is 224 g/mol. The molecular weight excluding hydrogens is 208 g/mol. The first kappa shape index (κ1) is 11.9. The molecule has 84 valence electrons. The average molecular weight is 224 g/mol. The van der Waals surface area contributed by atoms with E-state index in [1.807, 2.05) is 0 Å². The average Bonchev–Trinajstić information content (AvgIpc) is 2.46. The molecule has 6 heteroatoms. The predicted octanol–water partition coefficient (Wildman–Crippen LogP) is -0.455. The van der Waals surface area contributed by atoms with Gasteiger partial charge in [-0.25, -0.2) is 8.42 Å². The van der Waals surface area contributed by atoms with E-state index in [-0.39, 0.29) is 24.7 Å². The number of aliphatic hydroxyl groups is 1. The molecule has 0 aromatic rings. The van der Waals surface area contributed by atoms with E-state index in [1.165, 1.54) is 0 Å². The Morgan fingerprint density at radius 1 is 1.57 bits per heavy atom. The fraction of sp³-hybridized carbons (Fsp3) is 1.00. The standard InChI is InChI=1S/C8H16O5S/c1-3-14(10,11)6-8(2)12-5-7(4-9)13-8/h7,9H,3-6H2,1-2H3/t7-,8-/m0/s1. The number of aliphatic hydroxyl groups excluding tert-OH is 1. The Balaban J connectivity index is 2.61. The van der Waals surface area contributed by atoms with Crippen molar-refractivity contribution in [1.29, 1.82) is 0 Å². The molecule has 1 aliphatic heterocycles. The molecule has 0 spiro atoms. The molecule has 1 N–H and O–H groups in total. The molecule has 1 rings (SSSR count). The van der Waals surface area contributed by atoms with Gasteiger partial charge in [-0.15, -0.1) is 0 Å². The van der Waals surface area contributed by atoms with E-state index in [4.69, 9.17) is 14.6 Å². The molecule has 14 heavy (non-hydrogen) atoms. The Morgan fingerprint density at radius 2 is 2.21 bits per heavy atom. The van der Waals surface area contributed by atoms with E-state index in [9.17, 15) is 8.42 Å². The summed E-state index contributed by atoms with van der Waals surface area (Å²) in [6.07, 6.45) is -0.410. The number of hydrogen-bond donors (Lipinski definition) is 1. The minimum absolute atomic E-state index is 0.0686. The quantitative estimate of drug-likeness (QED) is 0.700. The second kappa shape index (κ2) is 4.14. The van der Waals surface area contributed by atoms with Gasteiger partial charge in [-0.2, -0.15) is 0 Å². The van der Waals surface area contributed by atoms with Gasteiger partial charge in [0.2, 0.25) is 0 Å². The summed E-state index contributed by atoms with van der Waals surface area (Å²) < 4.78 is 33.2. The molecule has 0 amide bonds. The first-order valence-electron chi connectivity index (χ1n) is 4.54. The van der Waals surface area contributed by atoms with Crippen molar-refractivity contribution >= 4 is 9.84 Å². The van der Waals surface area contributed by atoms with E-state index in [2.05, 4.69) is 0 Å². The van der Waals surface area contributed by atoms with Crippen LogP contribution >= 0.6 is 0 Å². The maximum atomic E-state index is 11.3. The van der Waals surface area contributed by atoms with Crippen molar-refractivity contribution in [2.24, 2.45) is 0 Å². The molecular formula is C8H16O5S. The highest BCUT2D eigenvalue weighted by Crippen LogP contribution is 2.24. The molecule has 0 radical (unpaired) electrons. The molecule has 1 heterocycles. The van der Waals surface area contributed by atoms with Crippen LogP contribution in [0, 0.1) is 0 Å². The fourth-order valence-corrected chi connectivity index (χ4v) is 2.51. The van der Waals surface area contributed by atoms with Crippen LogP contribution in [0.1, 0.15) is 13.8 Å². The lowest BCUT2D eigenvalue weighted by molar-refractivity contribution is -0.139.